The molecule has 7 heteroatoms. The number of phenols is 1. The minimum Gasteiger partial charge on any atom is -0.507 e. The largest absolute Gasteiger partial charge is 0.507 e. The first kappa shape index (κ1) is 25.2. The zero-order valence-corrected chi connectivity index (χ0v) is 20.0. The Bertz CT molecular complexity index is 1170. The van der Waals surface area contributed by atoms with E-state index in [0.29, 0.717) is 16.7 Å². The van der Waals surface area contributed by atoms with Crippen LogP contribution in [0.4, 0.5) is 0 Å². The van der Waals surface area contributed by atoms with E-state index in [9.17, 15) is 18.3 Å². The molecule has 2 rings (SSSR count). The lowest BCUT2D eigenvalue weighted by Gasteiger charge is -2.28. The molecule has 0 heterocycles. The van der Waals surface area contributed by atoms with Crippen molar-refractivity contribution < 1.29 is 23.4 Å². The van der Waals surface area contributed by atoms with E-state index >= 15 is 0 Å². The number of nitriles is 1. The molecule has 32 heavy (non-hydrogen) atoms. The van der Waals surface area contributed by atoms with Gasteiger partial charge in [0.1, 0.15) is 5.75 Å². The Morgan fingerprint density at radius 3 is 1.81 bits per heavy atom. The summed E-state index contributed by atoms with van der Waals surface area (Å²) < 4.78 is 27.1. The van der Waals surface area contributed by atoms with Crippen LogP contribution in [0.5, 0.6) is 5.75 Å². The van der Waals surface area contributed by atoms with E-state index in [1.807, 2.05) is 47.6 Å². The van der Waals surface area contributed by atoms with Gasteiger partial charge in [0.05, 0.1) is 27.9 Å². The summed E-state index contributed by atoms with van der Waals surface area (Å²) in [4.78, 5) is 11.0. The molecule has 170 valence electrons. The van der Waals surface area contributed by atoms with Gasteiger partial charge in [-0.05, 0) is 52.8 Å². The fourth-order valence-corrected chi connectivity index (χ4v) is 4.82. The molecule has 0 fully saturated rings. The molecule has 2 aromatic carbocycles. The summed E-state index contributed by atoms with van der Waals surface area (Å²) >= 11 is 0. The van der Waals surface area contributed by atoms with Crippen molar-refractivity contribution >= 4 is 20.7 Å². The van der Waals surface area contributed by atoms with E-state index < -0.39 is 26.6 Å². The van der Waals surface area contributed by atoms with E-state index in [2.05, 4.69) is 0 Å². The van der Waals surface area contributed by atoms with Gasteiger partial charge in [-0.1, -0.05) is 47.6 Å². The lowest BCUT2D eigenvalue weighted by atomic mass is 9.78. The number of carbonyl (C=O) groups is 1. The smallest absolute Gasteiger partial charge is 0.335 e. The van der Waals surface area contributed by atoms with Gasteiger partial charge >= 0.3 is 5.97 Å². The van der Waals surface area contributed by atoms with E-state index in [1.165, 1.54) is 30.3 Å². The summed E-state index contributed by atoms with van der Waals surface area (Å²) in [5.41, 5.74) is 0.607. The van der Waals surface area contributed by atoms with Crippen LogP contribution in [0.25, 0.3) is 4.91 Å². The number of allylic oxidation sites excluding steroid dienone is 1. The highest BCUT2D eigenvalue weighted by molar-refractivity contribution is 8.00. The molecule has 0 bridgehead atoms. The van der Waals surface area contributed by atoms with Crippen LogP contribution in [-0.4, -0.2) is 24.6 Å². The lowest BCUT2D eigenvalue weighted by Crippen LogP contribution is -2.18. The van der Waals surface area contributed by atoms with Crippen molar-refractivity contribution in [2.45, 2.75) is 63.7 Å². The molecule has 0 saturated heterocycles. The second-order valence-electron chi connectivity index (χ2n) is 9.68. The first-order valence-corrected chi connectivity index (χ1v) is 11.6. The molecule has 0 saturated carbocycles. The number of aromatic hydroxyl groups is 1. The summed E-state index contributed by atoms with van der Waals surface area (Å²) in [5.74, 6) is -1.03. The number of carboxylic acid groups (broad SMARTS) is 1. The van der Waals surface area contributed by atoms with Crippen molar-refractivity contribution in [3.8, 4) is 11.8 Å². The quantitative estimate of drug-likeness (QED) is 0.622. The van der Waals surface area contributed by atoms with E-state index in [4.69, 9.17) is 10.4 Å². The second-order valence-corrected chi connectivity index (χ2v) is 11.6. The Morgan fingerprint density at radius 1 is 0.969 bits per heavy atom. The third-order valence-electron chi connectivity index (χ3n) is 5.09. The molecule has 2 aromatic rings. The van der Waals surface area contributed by atoms with Crippen LogP contribution in [0.3, 0.4) is 0 Å². The highest BCUT2D eigenvalue weighted by Crippen LogP contribution is 2.42. The van der Waals surface area contributed by atoms with Gasteiger partial charge in [-0.25, -0.2) is 13.2 Å². The molecule has 0 aliphatic rings. The Labute approximate surface area is 189 Å². The van der Waals surface area contributed by atoms with Gasteiger partial charge in [0.2, 0.25) is 9.84 Å². The third kappa shape index (κ3) is 5.20. The predicted molar refractivity (Wildman–Crippen MR) is 124 cm³/mol. The molecule has 0 aliphatic carbocycles. The number of benzene rings is 2. The molecule has 2 N–H and O–H groups in total. The Balaban J connectivity index is 2.84. The van der Waals surface area contributed by atoms with E-state index in [-0.39, 0.29) is 27.5 Å². The SMILES string of the molecule is CC(C)(C)c1cc(/C(=C\CC#N)S(=O)(=O)c2ccc(C(=O)O)cc2)cc(C(C)(C)C)c1O. The van der Waals surface area contributed by atoms with Gasteiger partial charge in [-0.15, -0.1) is 0 Å². The molecule has 0 aromatic heterocycles. The zero-order chi connectivity index (χ0) is 24.5. The maximum atomic E-state index is 13.5. The number of carboxylic acids is 1. The number of sulfone groups is 1. The topological polar surface area (TPSA) is 115 Å². The van der Waals surface area contributed by atoms with Gasteiger partial charge in [0, 0.05) is 11.1 Å². The fourth-order valence-electron chi connectivity index (χ4n) is 3.34. The molecule has 0 aliphatic heterocycles. The summed E-state index contributed by atoms with van der Waals surface area (Å²) in [6.45, 7) is 11.6. The second kappa shape index (κ2) is 8.79. The third-order valence-corrected chi connectivity index (χ3v) is 6.96. The monoisotopic (exact) mass is 455 g/mol. The zero-order valence-electron chi connectivity index (χ0n) is 19.2. The molecule has 0 atom stereocenters. The van der Waals surface area contributed by atoms with Crippen LogP contribution in [0.1, 0.15) is 75.0 Å². The molecule has 0 amide bonds. The standard InChI is InChI=1S/C25H29NO5S/c1-24(2,3)19-14-17(15-20(22(19)27)25(4,5)6)21(8-7-13-26)32(30,31)18-11-9-16(10-12-18)23(28)29/h8-12,14-15,27H,7H2,1-6H3,(H,28,29)/b21-8+. The maximum Gasteiger partial charge on any atom is 0.335 e. The number of nitrogens with zero attached hydrogens (tertiary/aromatic N) is 1. The fraction of sp³-hybridized carbons (Fsp3) is 0.360. The van der Waals surface area contributed by atoms with Crippen LogP contribution in [0, 0.1) is 11.3 Å². The average molecular weight is 456 g/mol. The van der Waals surface area contributed by atoms with Crippen molar-refractivity contribution in [2.75, 3.05) is 0 Å². The lowest BCUT2D eigenvalue weighted by molar-refractivity contribution is 0.0696. The molecule has 6 nitrogen and oxygen atoms in total. The van der Waals surface area contributed by atoms with Crippen molar-refractivity contribution in [3.05, 3.63) is 64.7 Å². The van der Waals surface area contributed by atoms with Crippen molar-refractivity contribution in [2.24, 2.45) is 0 Å². The Morgan fingerprint density at radius 2 is 1.44 bits per heavy atom. The molecule has 0 spiro atoms. The first-order valence-electron chi connectivity index (χ1n) is 10.1. The molecule has 0 radical (unpaired) electrons. The van der Waals surface area contributed by atoms with Crippen LogP contribution in [0.2, 0.25) is 0 Å². The highest BCUT2D eigenvalue weighted by Gasteiger charge is 2.30. The minimum absolute atomic E-state index is 0.0267. The molecule has 0 unspecified atom stereocenters. The summed E-state index contributed by atoms with van der Waals surface area (Å²) in [6.07, 6.45) is 1.23. The van der Waals surface area contributed by atoms with Gasteiger partial charge in [0.25, 0.3) is 0 Å². The summed E-state index contributed by atoms with van der Waals surface area (Å²) in [7, 11) is -4.07. The number of rotatable bonds is 5. The van der Waals surface area contributed by atoms with E-state index in [0.717, 1.165) is 0 Å². The van der Waals surface area contributed by atoms with Gasteiger partial charge in [-0.2, -0.15) is 5.26 Å². The normalized spacial score (nSPS) is 13.0. The molecular weight excluding hydrogens is 426 g/mol. The highest BCUT2D eigenvalue weighted by atomic mass is 32.2. The van der Waals surface area contributed by atoms with Crippen LogP contribution < -0.4 is 0 Å². The first-order chi connectivity index (χ1) is 14.6. The minimum atomic E-state index is -4.07. The number of phenolic OH excluding ortho intramolecular Hbond substituents is 1. The maximum absolute atomic E-state index is 13.5. The van der Waals surface area contributed by atoms with E-state index in [1.54, 1.807) is 12.1 Å². The number of hydrogen-bond acceptors (Lipinski definition) is 5. The van der Waals surface area contributed by atoms with Gasteiger partial charge in [0.15, 0.2) is 0 Å². The predicted octanol–water partition coefficient (Wildman–Crippen LogP) is 5.41. The number of hydrogen-bond donors (Lipinski definition) is 2. The van der Waals surface area contributed by atoms with Crippen LogP contribution in [0.15, 0.2) is 47.4 Å². The molecular formula is C25H29NO5S. The summed E-state index contributed by atoms with van der Waals surface area (Å²) in [5, 5.41) is 29.2. The van der Waals surface area contributed by atoms with Crippen molar-refractivity contribution in [3.63, 3.8) is 0 Å². The Hall–Kier alpha value is -3.11. The summed E-state index contributed by atoms with van der Waals surface area (Å²) in [6, 6.07) is 10.2. The van der Waals surface area contributed by atoms with Gasteiger partial charge in [-0.3, -0.25) is 0 Å². The van der Waals surface area contributed by atoms with Gasteiger partial charge < -0.3 is 10.2 Å². The van der Waals surface area contributed by atoms with Crippen molar-refractivity contribution in [1.29, 1.82) is 5.26 Å². The van der Waals surface area contributed by atoms with Crippen molar-refractivity contribution in [1.82, 2.24) is 0 Å². The Kier molecular flexibility index (Phi) is 6.91. The van der Waals surface area contributed by atoms with Crippen LogP contribution in [-0.2, 0) is 20.7 Å². The number of aromatic carboxylic acids is 1. The average Bonchev–Trinajstić information content (AvgIpc) is 2.67. The van der Waals surface area contributed by atoms with Crippen LogP contribution >= 0.6 is 0 Å².